The highest BCUT2D eigenvalue weighted by Gasteiger charge is 2.25. The Bertz CT molecular complexity index is 729. The van der Waals surface area contributed by atoms with Gasteiger partial charge in [0.2, 0.25) is 0 Å². The van der Waals surface area contributed by atoms with Crippen LogP contribution in [0.5, 0.6) is 0 Å². The third-order valence-corrected chi connectivity index (χ3v) is 4.64. The Morgan fingerprint density at radius 2 is 1.87 bits per heavy atom. The highest BCUT2D eigenvalue weighted by molar-refractivity contribution is 6.01. The van der Waals surface area contributed by atoms with Crippen LogP contribution in [0.4, 0.5) is 0 Å². The first kappa shape index (κ1) is 15.9. The number of rotatable bonds is 3. The van der Waals surface area contributed by atoms with E-state index in [0.717, 1.165) is 43.4 Å². The lowest BCUT2D eigenvalue weighted by molar-refractivity contribution is -0.119. The van der Waals surface area contributed by atoms with Crippen LogP contribution >= 0.6 is 0 Å². The normalized spacial score (nSPS) is 21.1. The van der Waals surface area contributed by atoms with Crippen molar-refractivity contribution in [3.8, 4) is 0 Å². The first-order valence-electron chi connectivity index (χ1n) is 8.52. The molecule has 2 nitrogen and oxygen atoms in total. The minimum Gasteiger partial charge on any atom is -0.309 e. The molecule has 2 aromatic rings. The lowest BCUT2D eigenvalue weighted by Gasteiger charge is -2.18. The molecule has 2 aromatic carbocycles. The van der Waals surface area contributed by atoms with Crippen molar-refractivity contribution >= 4 is 22.6 Å². The van der Waals surface area contributed by atoms with Crippen LogP contribution in [-0.4, -0.2) is 31.3 Å². The SMILES string of the molecule is CN(C)CC1CCCCC(=Cc2ccc3ccccc3c2)C1=O. The summed E-state index contributed by atoms with van der Waals surface area (Å²) in [6.45, 7) is 0.855. The van der Waals surface area contributed by atoms with E-state index in [1.165, 1.54) is 10.8 Å². The van der Waals surface area contributed by atoms with E-state index in [0.29, 0.717) is 5.78 Å². The van der Waals surface area contributed by atoms with Gasteiger partial charge in [0.05, 0.1) is 0 Å². The van der Waals surface area contributed by atoms with Gasteiger partial charge in [-0.1, -0.05) is 42.8 Å². The van der Waals surface area contributed by atoms with E-state index in [1.807, 2.05) is 14.1 Å². The summed E-state index contributed by atoms with van der Waals surface area (Å²) in [6, 6.07) is 14.8. The predicted octanol–water partition coefficient (Wildman–Crippen LogP) is 4.54. The minimum absolute atomic E-state index is 0.152. The molecule has 3 rings (SSSR count). The monoisotopic (exact) mass is 307 g/mol. The summed E-state index contributed by atoms with van der Waals surface area (Å²) >= 11 is 0. The molecule has 1 unspecified atom stereocenters. The number of nitrogens with zero attached hydrogens (tertiary/aromatic N) is 1. The van der Waals surface area contributed by atoms with Gasteiger partial charge in [-0.25, -0.2) is 0 Å². The van der Waals surface area contributed by atoms with Crippen molar-refractivity contribution in [1.29, 1.82) is 0 Å². The van der Waals surface area contributed by atoms with Crippen molar-refractivity contribution in [1.82, 2.24) is 4.90 Å². The van der Waals surface area contributed by atoms with E-state index < -0.39 is 0 Å². The largest absolute Gasteiger partial charge is 0.309 e. The van der Waals surface area contributed by atoms with Crippen LogP contribution in [0.25, 0.3) is 16.8 Å². The first-order chi connectivity index (χ1) is 11.1. The molecule has 2 heteroatoms. The standard InChI is InChI=1S/C21H25NO/c1-22(2)15-20-10-6-5-9-19(21(20)23)14-16-11-12-17-7-3-4-8-18(17)13-16/h3-4,7-8,11-14,20H,5-6,9-10,15H2,1-2H3. The molecule has 1 fully saturated rings. The maximum absolute atomic E-state index is 12.9. The summed E-state index contributed by atoms with van der Waals surface area (Å²) in [7, 11) is 4.09. The lowest BCUT2D eigenvalue weighted by Crippen LogP contribution is -2.27. The summed E-state index contributed by atoms with van der Waals surface area (Å²) < 4.78 is 0. The minimum atomic E-state index is 0.152. The van der Waals surface area contributed by atoms with Crippen LogP contribution in [-0.2, 0) is 4.79 Å². The smallest absolute Gasteiger partial charge is 0.163 e. The van der Waals surface area contributed by atoms with Gasteiger partial charge < -0.3 is 4.90 Å². The Morgan fingerprint density at radius 1 is 1.09 bits per heavy atom. The average Bonchev–Trinajstić information content (AvgIpc) is 2.70. The number of ketones is 1. The number of fused-ring (bicyclic) bond motifs is 1. The molecule has 0 aliphatic heterocycles. The topological polar surface area (TPSA) is 20.3 Å². The molecule has 1 saturated carbocycles. The van der Waals surface area contributed by atoms with E-state index in [-0.39, 0.29) is 5.92 Å². The maximum atomic E-state index is 12.9. The Morgan fingerprint density at radius 3 is 2.65 bits per heavy atom. The third-order valence-electron chi connectivity index (χ3n) is 4.64. The van der Waals surface area contributed by atoms with Gasteiger partial charge in [-0.05, 0) is 67.4 Å². The van der Waals surface area contributed by atoms with Crippen LogP contribution in [0.3, 0.4) is 0 Å². The van der Waals surface area contributed by atoms with Gasteiger partial charge in [0, 0.05) is 12.5 Å². The Balaban J connectivity index is 1.90. The third kappa shape index (κ3) is 3.89. The van der Waals surface area contributed by atoms with Gasteiger partial charge in [-0.3, -0.25) is 4.79 Å². The number of Topliss-reactive ketones (excluding diaryl/α,β-unsaturated/α-hetero) is 1. The molecule has 1 aliphatic carbocycles. The predicted molar refractivity (Wildman–Crippen MR) is 97.4 cm³/mol. The average molecular weight is 307 g/mol. The molecule has 0 radical (unpaired) electrons. The zero-order valence-corrected chi connectivity index (χ0v) is 14.1. The highest BCUT2D eigenvalue weighted by atomic mass is 16.1. The zero-order chi connectivity index (χ0) is 16.2. The molecule has 0 bridgehead atoms. The van der Waals surface area contributed by atoms with Gasteiger partial charge in [0.25, 0.3) is 0 Å². The second-order valence-corrected chi connectivity index (χ2v) is 6.85. The molecule has 23 heavy (non-hydrogen) atoms. The van der Waals surface area contributed by atoms with E-state index in [4.69, 9.17) is 0 Å². The molecule has 1 atom stereocenters. The van der Waals surface area contributed by atoms with E-state index in [2.05, 4.69) is 53.4 Å². The van der Waals surface area contributed by atoms with Crippen molar-refractivity contribution in [2.45, 2.75) is 25.7 Å². The molecule has 0 N–H and O–H groups in total. The molecule has 1 aliphatic rings. The fourth-order valence-electron chi connectivity index (χ4n) is 3.48. The van der Waals surface area contributed by atoms with Gasteiger partial charge in [0.15, 0.2) is 5.78 Å². The molecule has 0 heterocycles. The van der Waals surface area contributed by atoms with Gasteiger partial charge in [-0.15, -0.1) is 0 Å². The summed E-state index contributed by atoms with van der Waals surface area (Å²) in [5.74, 6) is 0.503. The Kier molecular flexibility index (Phi) is 4.92. The molecule has 0 aromatic heterocycles. The Labute approximate surface area is 138 Å². The quantitative estimate of drug-likeness (QED) is 0.613. The fraction of sp³-hybridized carbons (Fsp3) is 0.381. The highest BCUT2D eigenvalue weighted by Crippen LogP contribution is 2.27. The van der Waals surface area contributed by atoms with Crippen molar-refractivity contribution < 1.29 is 4.79 Å². The first-order valence-corrected chi connectivity index (χ1v) is 8.52. The molecule has 0 spiro atoms. The molecule has 120 valence electrons. The van der Waals surface area contributed by atoms with E-state index in [9.17, 15) is 4.79 Å². The number of benzene rings is 2. The van der Waals surface area contributed by atoms with Crippen molar-refractivity contribution in [2.75, 3.05) is 20.6 Å². The Hall–Kier alpha value is -1.93. The number of hydrogen-bond acceptors (Lipinski definition) is 2. The van der Waals surface area contributed by atoms with Crippen LogP contribution < -0.4 is 0 Å². The molecular weight excluding hydrogens is 282 g/mol. The van der Waals surface area contributed by atoms with Crippen LogP contribution in [0.2, 0.25) is 0 Å². The number of carbonyl (C=O) groups is 1. The van der Waals surface area contributed by atoms with E-state index in [1.54, 1.807) is 0 Å². The second-order valence-electron chi connectivity index (χ2n) is 6.85. The lowest BCUT2D eigenvalue weighted by atomic mass is 9.94. The maximum Gasteiger partial charge on any atom is 0.163 e. The summed E-state index contributed by atoms with van der Waals surface area (Å²) in [6.07, 6.45) is 6.32. The second kappa shape index (κ2) is 7.10. The molecule has 0 saturated heterocycles. The van der Waals surface area contributed by atoms with E-state index >= 15 is 0 Å². The summed E-state index contributed by atoms with van der Waals surface area (Å²) in [5.41, 5.74) is 2.14. The van der Waals surface area contributed by atoms with Crippen molar-refractivity contribution in [2.24, 2.45) is 5.92 Å². The number of hydrogen-bond donors (Lipinski definition) is 0. The van der Waals surface area contributed by atoms with Gasteiger partial charge in [-0.2, -0.15) is 0 Å². The van der Waals surface area contributed by atoms with Crippen molar-refractivity contribution in [3.05, 3.63) is 53.6 Å². The summed E-state index contributed by atoms with van der Waals surface area (Å²) in [5, 5.41) is 2.47. The van der Waals surface area contributed by atoms with Crippen molar-refractivity contribution in [3.63, 3.8) is 0 Å². The molecule has 0 amide bonds. The van der Waals surface area contributed by atoms with Crippen LogP contribution in [0.1, 0.15) is 31.2 Å². The van der Waals surface area contributed by atoms with Gasteiger partial charge >= 0.3 is 0 Å². The number of allylic oxidation sites excluding steroid dienone is 1. The summed E-state index contributed by atoms with van der Waals surface area (Å²) in [4.78, 5) is 15.0. The van der Waals surface area contributed by atoms with Gasteiger partial charge in [0.1, 0.15) is 0 Å². The molecular formula is C21H25NO. The van der Waals surface area contributed by atoms with Crippen LogP contribution in [0, 0.1) is 5.92 Å². The van der Waals surface area contributed by atoms with Crippen LogP contribution in [0.15, 0.2) is 48.0 Å². The fourth-order valence-corrected chi connectivity index (χ4v) is 3.48. The zero-order valence-electron chi connectivity index (χ0n) is 14.1. The number of carbonyl (C=O) groups excluding carboxylic acids is 1.